The van der Waals surface area contributed by atoms with Crippen LogP contribution in [0.4, 0.5) is 10.5 Å². The van der Waals surface area contributed by atoms with Crippen molar-refractivity contribution in [2.45, 2.75) is 38.6 Å². The first-order valence-corrected chi connectivity index (χ1v) is 12.6. The van der Waals surface area contributed by atoms with E-state index >= 15 is 0 Å². The maximum Gasteiger partial charge on any atom is 0.319 e. The predicted molar refractivity (Wildman–Crippen MR) is 137 cm³/mol. The third-order valence-corrected chi connectivity index (χ3v) is 6.60. The predicted octanol–water partition coefficient (Wildman–Crippen LogP) is 3.72. The normalized spacial score (nSPS) is 16.1. The van der Waals surface area contributed by atoms with E-state index in [9.17, 15) is 9.59 Å². The summed E-state index contributed by atoms with van der Waals surface area (Å²) in [6.45, 7) is 6.04. The second kappa shape index (κ2) is 10.9. The first-order chi connectivity index (χ1) is 17.5. The van der Waals surface area contributed by atoms with Crippen LogP contribution in [-0.4, -0.2) is 70.6 Å². The Kier molecular flexibility index (Phi) is 7.27. The quantitative estimate of drug-likeness (QED) is 0.501. The van der Waals surface area contributed by atoms with Gasteiger partial charge < -0.3 is 20.1 Å². The number of hydrogen-bond acceptors (Lipinski definition) is 6. The van der Waals surface area contributed by atoms with Crippen LogP contribution in [0.15, 0.2) is 53.1 Å². The summed E-state index contributed by atoms with van der Waals surface area (Å²) < 4.78 is 5.43. The number of nitrogens with one attached hydrogen (secondary N) is 2. The van der Waals surface area contributed by atoms with Crippen LogP contribution < -0.4 is 10.6 Å². The van der Waals surface area contributed by atoms with E-state index in [4.69, 9.17) is 4.52 Å². The highest BCUT2D eigenvalue weighted by molar-refractivity contribution is 5.95. The topological polar surface area (TPSA) is 104 Å². The molecule has 3 aromatic rings. The lowest BCUT2D eigenvalue weighted by molar-refractivity contribution is 0.0635. The molecule has 1 aliphatic heterocycles. The molecule has 2 N–H and O–H groups in total. The van der Waals surface area contributed by atoms with Crippen LogP contribution in [0.2, 0.25) is 0 Å². The summed E-state index contributed by atoms with van der Waals surface area (Å²) in [6.07, 6.45) is 3.74. The fourth-order valence-corrected chi connectivity index (χ4v) is 4.26. The van der Waals surface area contributed by atoms with Crippen LogP contribution in [0.5, 0.6) is 0 Å². The summed E-state index contributed by atoms with van der Waals surface area (Å²) in [7, 11) is 0. The summed E-state index contributed by atoms with van der Waals surface area (Å²) in [5, 5.41) is 9.80. The molecule has 1 saturated carbocycles. The van der Waals surface area contributed by atoms with Gasteiger partial charge in [0.25, 0.3) is 5.91 Å². The fraction of sp³-hybridized carbons (Fsp3) is 0.407. The minimum Gasteiger partial charge on any atom is -0.339 e. The minimum absolute atomic E-state index is 0.0260. The summed E-state index contributed by atoms with van der Waals surface area (Å²) in [4.78, 5) is 33.6. The second-order valence-electron chi connectivity index (χ2n) is 9.57. The standard InChI is InChI=1S/C27H32N6O3/c1-19-4-6-20(7-5-19)25-30-24(36-31-25)3-2-14-32-15-17-33(18-16-32)26(34)21-8-10-22(11-9-21)28-27(35)29-23-12-13-23/h4-11,23H,2-3,12-18H2,1H3,(H2,28,29,35). The molecular formula is C27H32N6O3. The molecule has 9 heteroatoms. The van der Waals surface area contributed by atoms with Crippen molar-refractivity contribution in [3.05, 3.63) is 65.5 Å². The number of benzene rings is 2. The average molecular weight is 489 g/mol. The highest BCUT2D eigenvalue weighted by Gasteiger charge is 2.24. The van der Waals surface area contributed by atoms with Gasteiger partial charge in [-0.05, 0) is 57.0 Å². The molecule has 2 aliphatic rings. The number of aromatic nitrogens is 2. The zero-order chi connectivity index (χ0) is 24.9. The molecule has 188 valence electrons. The number of amides is 3. The van der Waals surface area contributed by atoms with Crippen molar-refractivity contribution in [2.75, 3.05) is 38.0 Å². The number of anilines is 1. The average Bonchev–Trinajstić information content (AvgIpc) is 3.58. The van der Waals surface area contributed by atoms with Crippen molar-refractivity contribution in [1.82, 2.24) is 25.3 Å². The van der Waals surface area contributed by atoms with E-state index in [0.717, 1.165) is 50.9 Å². The van der Waals surface area contributed by atoms with Gasteiger partial charge >= 0.3 is 6.03 Å². The summed E-state index contributed by atoms with van der Waals surface area (Å²) in [5.41, 5.74) is 3.48. The first-order valence-electron chi connectivity index (χ1n) is 12.6. The molecule has 2 heterocycles. The zero-order valence-electron chi connectivity index (χ0n) is 20.6. The Bertz CT molecular complexity index is 1180. The molecule has 1 aromatic heterocycles. The number of nitrogens with zero attached hydrogens (tertiary/aromatic N) is 4. The highest BCUT2D eigenvalue weighted by Crippen LogP contribution is 2.20. The molecule has 1 aliphatic carbocycles. The van der Waals surface area contributed by atoms with Gasteiger partial charge in [0.1, 0.15) is 0 Å². The van der Waals surface area contributed by atoms with Crippen molar-refractivity contribution < 1.29 is 14.1 Å². The van der Waals surface area contributed by atoms with E-state index in [2.05, 4.69) is 32.6 Å². The summed E-state index contributed by atoms with van der Waals surface area (Å²) >= 11 is 0. The number of aryl methyl sites for hydroxylation is 2. The largest absolute Gasteiger partial charge is 0.339 e. The van der Waals surface area contributed by atoms with Gasteiger partial charge in [-0.2, -0.15) is 4.98 Å². The smallest absolute Gasteiger partial charge is 0.319 e. The van der Waals surface area contributed by atoms with Gasteiger partial charge in [0.05, 0.1) is 0 Å². The van der Waals surface area contributed by atoms with Crippen LogP contribution in [0, 0.1) is 6.92 Å². The monoisotopic (exact) mass is 488 g/mol. The summed E-state index contributed by atoms with van der Waals surface area (Å²) in [6, 6.07) is 15.3. The number of rotatable bonds is 8. The molecule has 36 heavy (non-hydrogen) atoms. The van der Waals surface area contributed by atoms with E-state index in [1.54, 1.807) is 24.3 Å². The molecule has 2 aromatic carbocycles. The second-order valence-corrected chi connectivity index (χ2v) is 9.57. The number of carbonyl (C=O) groups excluding carboxylic acids is 2. The van der Waals surface area contributed by atoms with Crippen molar-refractivity contribution >= 4 is 17.6 Å². The number of urea groups is 1. The third kappa shape index (κ3) is 6.28. The zero-order valence-corrected chi connectivity index (χ0v) is 20.6. The Morgan fingerprint density at radius 1 is 1.00 bits per heavy atom. The van der Waals surface area contributed by atoms with Gasteiger partial charge in [-0.3, -0.25) is 9.69 Å². The Balaban J connectivity index is 1.03. The molecule has 9 nitrogen and oxygen atoms in total. The van der Waals surface area contributed by atoms with Crippen molar-refractivity contribution in [1.29, 1.82) is 0 Å². The Hall–Kier alpha value is -3.72. The van der Waals surface area contributed by atoms with Gasteiger partial charge in [-0.1, -0.05) is 35.0 Å². The molecule has 0 spiro atoms. The molecule has 5 rings (SSSR count). The molecule has 2 fully saturated rings. The van der Waals surface area contributed by atoms with Crippen LogP contribution in [0.1, 0.15) is 41.1 Å². The SMILES string of the molecule is Cc1ccc(-c2noc(CCCN3CCN(C(=O)c4ccc(NC(=O)NC5CC5)cc4)CC3)n2)cc1. The summed E-state index contributed by atoms with van der Waals surface area (Å²) in [5.74, 6) is 1.31. The van der Waals surface area contributed by atoms with Crippen LogP contribution >= 0.6 is 0 Å². The Morgan fingerprint density at radius 3 is 2.42 bits per heavy atom. The maximum absolute atomic E-state index is 12.9. The molecule has 0 radical (unpaired) electrons. The highest BCUT2D eigenvalue weighted by atomic mass is 16.5. The fourth-order valence-electron chi connectivity index (χ4n) is 4.26. The van der Waals surface area contributed by atoms with E-state index in [0.29, 0.717) is 42.1 Å². The lowest BCUT2D eigenvalue weighted by Gasteiger charge is -2.34. The van der Waals surface area contributed by atoms with E-state index in [1.807, 2.05) is 29.2 Å². The molecule has 1 saturated heterocycles. The molecular weight excluding hydrogens is 456 g/mol. The number of piperazine rings is 1. The van der Waals surface area contributed by atoms with E-state index in [-0.39, 0.29) is 11.9 Å². The number of hydrogen-bond donors (Lipinski definition) is 2. The Morgan fingerprint density at radius 2 is 1.72 bits per heavy atom. The lowest BCUT2D eigenvalue weighted by Crippen LogP contribution is -2.48. The van der Waals surface area contributed by atoms with Crippen LogP contribution in [0.25, 0.3) is 11.4 Å². The molecule has 0 atom stereocenters. The van der Waals surface area contributed by atoms with Gasteiger partial charge in [0, 0.05) is 55.5 Å². The van der Waals surface area contributed by atoms with Crippen molar-refractivity contribution in [3.8, 4) is 11.4 Å². The first kappa shape index (κ1) is 24.0. The van der Waals surface area contributed by atoms with E-state index < -0.39 is 0 Å². The van der Waals surface area contributed by atoms with Crippen molar-refractivity contribution in [2.24, 2.45) is 0 Å². The maximum atomic E-state index is 12.9. The van der Waals surface area contributed by atoms with Crippen molar-refractivity contribution in [3.63, 3.8) is 0 Å². The Labute approximate surface area is 210 Å². The van der Waals surface area contributed by atoms with Gasteiger partial charge in [-0.15, -0.1) is 0 Å². The third-order valence-electron chi connectivity index (χ3n) is 6.60. The van der Waals surface area contributed by atoms with E-state index in [1.165, 1.54) is 5.56 Å². The molecule has 0 unspecified atom stereocenters. The van der Waals surface area contributed by atoms with Gasteiger partial charge in [0.15, 0.2) is 0 Å². The van der Waals surface area contributed by atoms with Gasteiger partial charge in [0.2, 0.25) is 11.7 Å². The number of carbonyl (C=O) groups is 2. The van der Waals surface area contributed by atoms with Crippen LogP contribution in [-0.2, 0) is 6.42 Å². The minimum atomic E-state index is -0.196. The van der Waals surface area contributed by atoms with Crippen LogP contribution in [0.3, 0.4) is 0 Å². The molecule has 3 amide bonds. The molecule has 0 bridgehead atoms. The lowest BCUT2D eigenvalue weighted by atomic mass is 10.1. The van der Waals surface area contributed by atoms with Gasteiger partial charge in [-0.25, -0.2) is 4.79 Å².